The van der Waals surface area contributed by atoms with Crippen LogP contribution in [-0.4, -0.2) is 23.0 Å². The highest BCUT2D eigenvalue weighted by Gasteiger charge is 2.36. The van der Waals surface area contributed by atoms with Crippen LogP contribution >= 0.6 is 11.8 Å². The third-order valence-corrected chi connectivity index (χ3v) is 4.82. The number of hydrogen-bond donors (Lipinski definition) is 1. The van der Waals surface area contributed by atoms with E-state index in [1.165, 1.54) is 12.8 Å². The molecule has 1 heterocycles. The molecule has 1 aliphatic rings. The van der Waals surface area contributed by atoms with Crippen LogP contribution in [0.1, 0.15) is 52.4 Å². The third kappa shape index (κ3) is 4.53. The van der Waals surface area contributed by atoms with E-state index in [0.29, 0.717) is 12.3 Å². The fourth-order valence-electron chi connectivity index (χ4n) is 2.30. The van der Waals surface area contributed by atoms with Gasteiger partial charge in [-0.05, 0) is 24.5 Å². The zero-order chi connectivity index (χ0) is 13.4. The molecule has 1 aliphatic heterocycles. The maximum absolute atomic E-state index is 12.0. The van der Waals surface area contributed by atoms with Gasteiger partial charge in [0.1, 0.15) is 5.54 Å². The number of rotatable bonds is 7. The summed E-state index contributed by atoms with van der Waals surface area (Å²) in [6.07, 6.45) is 5.88. The van der Waals surface area contributed by atoms with Gasteiger partial charge in [-0.1, -0.05) is 33.1 Å². The minimum atomic E-state index is -0.592. The number of amides is 1. The molecule has 1 saturated heterocycles. The molecule has 0 spiro atoms. The summed E-state index contributed by atoms with van der Waals surface area (Å²) in [5.41, 5.74) is -0.592. The maximum atomic E-state index is 12.0. The van der Waals surface area contributed by atoms with Gasteiger partial charge in [-0.3, -0.25) is 4.79 Å². The molecular weight excluding hydrogens is 244 g/mol. The third-order valence-electron chi connectivity index (χ3n) is 3.63. The van der Waals surface area contributed by atoms with E-state index in [1.807, 2.05) is 0 Å². The second-order valence-electron chi connectivity index (χ2n) is 5.17. The van der Waals surface area contributed by atoms with Crippen LogP contribution < -0.4 is 5.32 Å². The molecule has 0 aromatic heterocycles. The lowest BCUT2D eigenvalue weighted by molar-refractivity contribution is -0.123. The predicted molar refractivity (Wildman–Crippen MR) is 76.4 cm³/mol. The SMILES string of the molecule is CCCCC(CC)CC(=O)NC1(C#N)CCSC1. The Kier molecular flexibility index (Phi) is 6.56. The van der Waals surface area contributed by atoms with Crippen LogP contribution in [0.2, 0.25) is 0 Å². The van der Waals surface area contributed by atoms with Gasteiger partial charge in [-0.25, -0.2) is 0 Å². The quantitative estimate of drug-likeness (QED) is 0.772. The Morgan fingerprint density at radius 2 is 2.33 bits per heavy atom. The number of carbonyl (C=O) groups is 1. The summed E-state index contributed by atoms with van der Waals surface area (Å²) >= 11 is 1.75. The molecule has 1 rings (SSSR count). The van der Waals surface area contributed by atoms with E-state index >= 15 is 0 Å². The zero-order valence-corrected chi connectivity index (χ0v) is 12.3. The molecule has 2 atom stereocenters. The van der Waals surface area contributed by atoms with E-state index in [9.17, 15) is 10.1 Å². The Labute approximate surface area is 115 Å². The van der Waals surface area contributed by atoms with Crippen LogP contribution in [-0.2, 0) is 4.79 Å². The lowest BCUT2D eigenvalue weighted by atomic mass is 9.94. The van der Waals surface area contributed by atoms with E-state index in [4.69, 9.17) is 0 Å². The molecule has 18 heavy (non-hydrogen) atoms. The van der Waals surface area contributed by atoms with Crippen LogP contribution in [0.15, 0.2) is 0 Å². The average molecular weight is 268 g/mol. The molecule has 102 valence electrons. The van der Waals surface area contributed by atoms with Crippen molar-refractivity contribution in [3.05, 3.63) is 0 Å². The van der Waals surface area contributed by atoms with Gasteiger partial charge in [-0.15, -0.1) is 0 Å². The van der Waals surface area contributed by atoms with E-state index in [1.54, 1.807) is 11.8 Å². The molecule has 0 bridgehead atoms. The first kappa shape index (κ1) is 15.4. The summed E-state index contributed by atoms with van der Waals surface area (Å²) < 4.78 is 0. The topological polar surface area (TPSA) is 52.9 Å². The average Bonchev–Trinajstić information content (AvgIpc) is 2.83. The van der Waals surface area contributed by atoms with Gasteiger partial charge in [0.25, 0.3) is 0 Å². The number of nitrogens with zero attached hydrogens (tertiary/aromatic N) is 1. The minimum absolute atomic E-state index is 0.0574. The zero-order valence-electron chi connectivity index (χ0n) is 11.5. The number of nitriles is 1. The number of nitrogens with one attached hydrogen (secondary N) is 1. The molecule has 1 fully saturated rings. The molecule has 0 aromatic carbocycles. The van der Waals surface area contributed by atoms with Crippen molar-refractivity contribution in [2.45, 2.75) is 57.9 Å². The maximum Gasteiger partial charge on any atom is 0.221 e. The molecule has 0 saturated carbocycles. The summed E-state index contributed by atoms with van der Waals surface area (Å²) in [6.45, 7) is 4.31. The molecule has 0 aliphatic carbocycles. The van der Waals surface area contributed by atoms with Gasteiger partial charge in [0.2, 0.25) is 5.91 Å². The van der Waals surface area contributed by atoms with Crippen molar-refractivity contribution in [3.8, 4) is 6.07 Å². The normalized spacial score (nSPS) is 24.5. The van der Waals surface area contributed by atoms with Gasteiger partial charge in [0, 0.05) is 12.2 Å². The van der Waals surface area contributed by atoms with Crippen LogP contribution in [0.5, 0.6) is 0 Å². The standard InChI is InChI=1S/C14H24N2OS/c1-3-5-6-12(4-2)9-13(17)16-14(10-15)7-8-18-11-14/h12H,3-9,11H2,1-2H3,(H,16,17). The Morgan fingerprint density at radius 3 is 2.83 bits per heavy atom. The van der Waals surface area contributed by atoms with Crippen molar-refractivity contribution in [1.29, 1.82) is 5.26 Å². The number of carbonyl (C=O) groups excluding carboxylic acids is 1. The monoisotopic (exact) mass is 268 g/mol. The minimum Gasteiger partial charge on any atom is -0.337 e. The summed E-state index contributed by atoms with van der Waals surface area (Å²) in [7, 11) is 0. The van der Waals surface area contributed by atoms with E-state index in [-0.39, 0.29) is 5.91 Å². The summed E-state index contributed by atoms with van der Waals surface area (Å²) in [5, 5.41) is 12.2. The van der Waals surface area contributed by atoms with Crippen LogP contribution in [0.4, 0.5) is 0 Å². The van der Waals surface area contributed by atoms with Crippen LogP contribution in [0.3, 0.4) is 0 Å². The summed E-state index contributed by atoms with van der Waals surface area (Å²) in [5.74, 6) is 2.23. The van der Waals surface area contributed by atoms with Crippen molar-refractivity contribution >= 4 is 17.7 Å². The first-order valence-corrected chi connectivity index (χ1v) is 8.11. The second-order valence-corrected chi connectivity index (χ2v) is 6.27. The van der Waals surface area contributed by atoms with Crippen molar-refractivity contribution in [3.63, 3.8) is 0 Å². The Hall–Kier alpha value is -0.690. The van der Waals surface area contributed by atoms with E-state index < -0.39 is 5.54 Å². The summed E-state index contributed by atoms with van der Waals surface area (Å²) in [6, 6.07) is 2.29. The van der Waals surface area contributed by atoms with E-state index in [0.717, 1.165) is 30.8 Å². The van der Waals surface area contributed by atoms with Gasteiger partial charge in [0.15, 0.2) is 0 Å². The fraction of sp³-hybridized carbons (Fsp3) is 0.857. The largest absolute Gasteiger partial charge is 0.337 e. The highest BCUT2D eigenvalue weighted by atomic mass is 32.2. The van der Waals surface area contributed by atoms with Crippen molar-refractivity contribution in [2.24, 2.45) is 5.92 Å². The van der Waals surface area contributed by atoms with Gasteiger partial charge >= 0.3 is 0 Å². The van der Waals surface area contributed by atoms with Gasteiger partial charge in [0.05, 0.1) is 6.07 Å². The predicted octanol–water partition coefficient (Wildman–Crippen LogP) is 3.11. The van der Waals surface area contributed by atoms with Crippen molar-refractivity contribution in [2.75, 3.05) is 11.5 Å². The lowest BCUT2D eigenvalue weighted by Gasteiger charge is -2.23. The molecule has 3 nitrogen and oxygen atoms in total. The smallest absolute Gasteiger partial charge is 0.221 e. The number of hydrogen-bond acceptors (Lipinski definition) is 3. The highest BCUT2D eigenvalue weighted by molar-refractivity contribution is 7.99. The molecule has 1 amide bonds. The lowest BCUT2D eigenvalue weighted by Crippen LogP contribution is -2.47. The Morgan fingerprint density at radius 1 is 1.56 bits per heavy atom. The van der Waals surface area contributed by atoms with E-state index in [2.05, 4.69) is 25.2 Å². The molecule has 0 radical (unpaired) electrons. The molecule has 2 unspecified atom stereocenters. The summed E-state index contributed by atoms with van der Waals surface area (Å²) in [4.78, 5) is 12.0. The highest BCUT2D eigenvalue weighted by Crippen LogP contribution is 2.28. The van der Waals surface area contributed by atoms with Crippen molar-refractivity contribution < 1.29 is 4.79 Å². The van der Waals surface area contributed by atoms with Gasteiger partial charge < -0.3 is 5.32 Å². The van der Waals surface area contributed by atoms with Crippen LogP contribution in [0.25, 0.3) is 0 Å². The Balaban J connectivity index is 2.42. The first-order chi connectivity index (χ1) is 8.65. The van der Waals surface area contributed by atoms with Crippen molar-refractivity contribution in [1.82, 2.24) is 5.32 Å². The molecule has 0 aromatic rings. The second kappa shape index (κ2) is 7.68. The first-order valence-electron chi connectivity index (χ1n) is 6.95. The number of unbranched alkanes of at least 4 members (excludes halogenated alkanes) is 1. The molecule has 1 N–H and O–H groups in total. The van der Waals surface area contributed by atoms with Crippen LogP contribution in [0, 0.1) is 17.2 Å². The molecule has 4 heteroatoms. The van der Waals surface area contributed by atoms with Gasteiger partial charge in [-0.2, -0.15) is 17.0 Å². The number of thioether (sulfide) groups is 1. The fourth-order valence-corrected chi connectivity index (χ4v) is 3.57. The molecular formula is C14H24N2OS. The Bertz CT molecular complexity index is 305.